The van der Waals surface area contributed by atoms with Crippen molar-refractivity contribution < 1.29 is 0 Å². The van der Waals surface area contributed by atoms with Crippen LogP contribution in [0.3, 0.4) is 0 Å². The molecular weight excluding hydrogens is 377 g/mol. The van der Waals surface area contributed by atoms with Crippen LogP contribution in [0, 0.1) is 6.57 Å². The first-order valence-electron chi connectivity index (χ1n) is 9.01. The van der Waals surface area contributed by atoms with E-state index in [9.17, 15) is 0 Å². The quantitative estimate of drug-likeness (QED) is 0.422. The molecule has 0 aliphatic carbocycles. The van der Waals surface area contributed by atoms with Crippen molar-refractivity contribution in [2.75, 3.05) is 24.5 Å². The predicted octanol–water partition coefficient (Wildman–Crippen LogP) is 6.20. The Hall–Kier alpha value is -1.99. The molecule has 0 amide bonds. The first-order chi connectivity index (χ1) is 13.0. The molecule has 2 aromatic carbocycles. The molecule has 140 valence electrons. The number of halogens is 2. The highest BCUT2D eigenvalue weighted by Gasteiger charge is 2.28. The predicted molar refractivity (Wildman–Crippen MR) is 115 cm³/mol. The average molecular weight is 400 g/mol. The van der Waals surface area contributed by atoms with Crippen molar-refractivity contribution in [1.82, 2.24) is 4.90 Å². The molecule has 0 N–H and O–H groups in total. The third-order valence-corrected chi connectivity index (χ3v) is 5.54. The maximum absolute atomic E-state index is 7.22. The van der Waals surface area contributed by atoms with E-state index in [4.69, 9.17) is 29.8 Å². The zero-order valence-electron chi connectivity index (χ0n) is 15.5. The number of likely N-dealkylation sites (tertiary alicyclic amines) is 1. The highest BCUT2D eigenvalue weighted by molar-refractivity contribution is 6.33. The van der Waals surface area contributed by atoms with Crippen LogP contribution in [0.5, 0.6) is 0 Å². The zero-order chi connectivity index (χ0) is 19.4. The molecule has 1 aliphatic rings. The maximum Gasteiger partial charge on any atom is 0.205 e. The molecule has 0 unspecified atom stereocenters. The van der Waals surface area contributed by atoms with Gasteiger partial charge in [0.25, 0.3) is 0 Å². The first kappa shape index (κ1) is 19.8. The highest BCUT2D eigenvalue weighted by atomic mass is 35.5. The largest absolute Gasteiger partial charge is 0.363 e. The topological polar surface area (TPSA) is 10.8 Å². The van der Waals surface area contributed by atoms with E-state index < -0.39 is 0 Å². The number of benzene rings is 2. The Morgan fingerprint density at radius 1 is 1.26 bits per heavy atom. The summed E-state index contributed by atoms with van der Waals surface area (Å²) >= 11 is 12.7. The Morgan fingerprint density at radius 3 is 2.70 bits per heavy atom. The summed E-state index contributed by atoms with van der Waals surface area (Å²) in [5.41, 5.74) is 3.77. The molecule has 0 bridgehead atoms. The maximum atomic E-state index is 7.22. The van der Waals surface area contributed by atoms with Crippen LogP contribution >= 0.6 is 23.2 Å². The van der Waals surface area contributed by atoms with E-state index in [0.717, 1.165) is 42.3 Å². The van der Waals surface area contributed by atoms with E-state index in [-0.39, 0.29) is 0 Å². The lowest BCUT2D eigenvalue weighted by atomic mass is 10.1. The minimum Gasteiger partial charge on any atom is -0.363 e. The fourth-order valence-electron chi connectivity index (χ4n) is 3.60. The van der Waals surface area contributed by atoms with Crippen molar-refractivity contribution in [1.29, 1.82) is 0 Å². The van der Waals surface area contributed by atoms with E-state index in [1.54, 1.807) is 6.07 Å². The Balaban J connectivity index is 1.90. The molecule has 5 heteroatoms. The third kappa shape index (κ3) is 4.84. The molecule has 2 aromatic rings. The monoisotopic (exact) mass is 399 g/mol. The van der Waals surface area contributed by atoms with Gasteiger partial charge in [-0.05, 0) is 37.1 Å². The van der Waals surface area contributed by atoms with Gasteiger partial charge >= 0.3 is 0 Å². The van der Waals surface area contributed by atoms with Crippen LogP contribution in [-0.2, 0) is 6.54 Å². The lowest BCUT2D eigenvalue weighted by Gasteiger charge is -2.32. The molecule has 3 nitrogen and oxygen atoms in total. The van der Waals surface area contributed by atoms with Gasteiger partial charge in [-0.1, -0.05) is 59.6 Å². The van der Waals surface area contributed by atoms with Crippen LogP contribution in [0.15, 0.2) is 54.6 Å². The van der Waals surface area contributed by atoms with Crippen LogP contribution in [0.4, 0.5) is 11.4 Å². The molecule has 0 spiro atoms. The number of anilines is 1. The molecular formula is C22H23Cl2N3. The fraction of sp³-hybridized carbons (Fsp3) is 0.318. The summed E-state index contributed by atoms with van der Waals surface area (Å²) in [6, 6.07) is 14.0. The van der Waals surface area contributed by atoms with E-state index in [1.165, 1.54) is 5.57 Å². The summed E-state index contributed by atoms with van der Waals surface area (Å²) < 4.78 is 0. The van der Waals surface area contributed by atoms with Gasteiger partial charge in [0.2, 0.25) is 5.69 Å². The summed E-state index contributed by atoms with van der Waals surface area (Å²) in [7, 11) is 0. The molecule has 1 fully saturated rings. The third-order valence-electron chi connectivity index (χ3n) is 4.86. The Morgan fingerprint density at radius 2 is 2.04 bits per heavy atom. The molecule has 0 aromatic heterocycles. The highest BCUT2D eigenvalue weighted by Crippen LogP contribution is 2.33. The Kier molecular flexibility index (Phi) is 6.44. The molecule has 1 heterocycles. The average Bonchev–Trinajstić information content (AvgIpc) is 3.08. The molecule has 0 radical (unpaired) electrons. The van der Waals surface area contributed by atoms with Crippen LogP contribution in [0.1, 0.15) is 18.9 Å². The molecule has 1 saturated heterocycles. The van der Waals surface area contributed by atoms with Crippen LogP contribution in [-0.4, -0.2) is 30.6 Å². The van der Waals surface area contributed by atoms with Crippen LogP contribution < -0.4 is 4.90 Å². The first-order valence-corrected chi connectivity index (χ1v) is 9.77. The summed E-state index contributed by atoms with van der Waals surface area (Å²) in [4.78, 5) is 8.26. The summed E-state index contributed by atoms with van der Waals surface area (Å²) in [5.74, 6) is 0. The smallest absolute Gasteiger partial charge is 0.205 e. The second-order valence-corrected chi connectivity index (χ2v) is 7.92. The van der Waals surface area contributed by atoms with Gasteiger partial charge in [-0.2, -0.15) is 0 Å². The molecule has 1 atom stereocenters. The minimum absolute atomic E-state index is 0.357. The fourth-order valence-corrected chi connectivity index (χ4v) is 4.01. The van der Waals surface area contributed by atoms with E-state index in [1.807, 2.05) is 30.3 Å². The standard InChI is InChI=1S/C22H23Cl2N3/c1-16(2)13-26-11-10-19(15-26)27(14-17-6-4-5-7-20(17)23)18-8-9-22(25-3)21(24)12-18/h4-9,12,19H,1,10-11,13-15H2,2H3/t19-/m0/s1. The van der Waals surface area contributed by atoms with Crippen LogP contribution in [0.25, 0.3) is 4.85 Å². The Bertz CT molecular complexity index is 872. The van der Waals surface area contributed by atoms with Gasteiger partial charge in [0.15, 0.2) is 0 Å². The van der Waals surface area contributed by atoms with Gasteiger partial charge in [-0.25, -0.2) is 4.85 Å². The van der Waals surface area contributed by atoms with Crippen molar-refractivity contribution in [2.45, 2.75) is 25.9 Å². The van der Waals surface area contributed by atoms with Crippen molar-refractivity contribution in [3.05, 3.63) is 81.6 Å². The Labute approximate surface area is 171 Å². The number of hydrogen-bond acceptors (Lipinski definition) is 2. The number of hydrogen-bond donors (Lipinski definition) is 0. The summed E-state index contributed by atoms with van der Waals surface area (Å²) in [6.45, 7) is 17.0. The van der Waals surface area contributed by atoms with Crippen LogP contribution in [0.2, 0.25) is 10.0 Å². The van der Waals surface area contributed by atoms with Gasteiger partial charge < -0.3 is 4.90 Å². The van der Waals surface area contributed by atoms with Crippen molar-refractivity contribution >= 4 is 34.6 Å². The summed E-state index contributed by atoms with van der Waals surface area (Å²) in [5, 5.41) is 1.26. The normalized spacial score (nSPS) is 16.9. The van der Waals surface area contributed by atoms with Gasteiger partial charge in [0.05, 0.1) is 6.57 Å². The van der Waals surface area contributed by atoms with Crippen molar-refractivity contribution in [3.8, 4) is 0 Å². The minimum atomic E-state index is 0.357. The molecule has 0 saturated carbocycles. The second kappa shape index (κ2) is 8.80. The summed E-state index contributed by atoms with van der Waals surface area (Å²) in [6.07, 6.45) is 1.07. The molecule has 3 rings (SSSR count). The molecule has 27 heavy (non-hydrogen) atoms. The van der Waals surface area contributed by atoms with E-state index in [0.29, 0.717) is 23.3 Å². The van der Waals surface area contributed by atoms with Crippen molar-refractivity contribution in [3.63, 3.8) is 0 Å². The SMILES string of the molecule is [C-]#[N+]c1ccc(N(Cc2ccccc2Cl)[C@H]2CCN(CC(=C)C)C2)cc1Cl. The van der Waals surface area contributed by atoms with Gasteiger partial charge in [0.1, 0.15) is 0 Å². The lowest BCUT2D eigenvalue weighted by molar-refractivity contribution is 0.361. The second-order valence-electron chi connectivity index (χ2n) is 7.10. The van der Waals surface area contributed by atoms with E-state index >= 15 is 0 Å². The zero-order valence-corrected chi connectivity index (χ0v) is 17.0. The number of rotatable bonds is 6. The molecule has 1 aliphatic heterocycles. The number of nitrogens with zero attached hydrogens (tertiary/aromatic N) is 3. The lowest BCUT2D eigenvalue weighted by Crippen LogP contribution is -2.37. The van der Waals surface area contributed by atoms with Gasteiger partial charge in [0, 0.05) is 48.0 Å². The van der Waals surface area contributed by atoms with Gasteiger partial charge in [-0.3, -0.25) is 4.90 Å². The van der Waals surface area contributed by atoms with Crippen molar-refractivity contribution in [2.24, 2.45) is 0 Å². The van der Waals surface area contributed by atoms with E-state index in [2.05, 4.69) is 34.2 Å². The van der Waals surface area contributed by atoms with Gasteiger partial charge in [-0.15, -0.1) is 0 Å².